The van der Waals surface area contributed by atoms with Gasteiger partial charge in [0.05, 0.1) is 15.8 Å². The third-order valence-electron chi connectivity index (χ3n) is 2.62. The van der Waals surface area contributed by atoms with Gasteiger partial charge in [-0.15, -0.1) is 11.3 Å². The number of hydrogen-bond acceptors (Lipinski definition) is 6. The van der Waals surface area contributed by atoms with Gasteiger partial charge in [0.25, 0.3) is 0 Å². The molecule has 0 spiro atoms. The van der Waals surface area contributed by atoms with Crippen LogP contribution in [0.15, 0.2) is 48.5 Å². The molecular formula is C13H8NNa2O4PS. The zero-order valence-corrected chi connectivity index (χ0v) is 17.8. The molecule has 0 radical (unpaired) electrons. The molecule has 0 atom stereocenters. The number of rotatable bonds is 3. The fourth-order valence-electron chi connectivity index (χ4n) is 1.83. The van der Waals surface area contributed by atoms with Crippen LogP contribution in [-0.2, 0) is 4.57 Å². The summed E-state index contributed by atoms with van der Waals surface area (Å²) in [5, 5.41) is 0.607. The Kier molecular flexibility index (Phi) is 7.76. The van der Waals surface area contributed by atoms with Gasteiger partial charge in [0.15, 0.2) is 0 Å². The van der Waals surface area contributed by atoms with E-state index in [2.05, 4.69) is 9.51 Å². The standard InChI is InChI=1S/C13H10NO4PS.2Na/c15-19(16,17)18-11-7-3-1-5-9(11)13-14-10-6-2-4-8-12(10)20-13;;/h1-8H,(H2,15,16,17);;/q;2*+1/p-2. The topological polar surface area (TPSA) is 85.3 Å². The number of para-hydroxylation sites is 2. The van der Waals surface area contributed by atoms with Gasteiger partial charge in [0.2, 0.25) is 0 Å². The Balaban J connectivity index is 0.00000121. The predicted molar refractivity (Wildman–Crippen MR) is 73.3 cm³/mol. The summed E-state index contributed by atoms with van der Waals surface area (Å²) in [7, 11) is -5.09. The van der Waals surface area contributed by atoms with Crippen LogP contribution >= 0.6 is 19.2 Å². The van der Waals surface area contributed by atoms with Gasteiger partial charge in [-0.05, 0) is 24.3 Å². The molecule has 0 bridgehead atoms. The third-order valence-corrected chi connectivity index (χ3v) is 4.11. The number of fused-ring (bicyclic) bond motifs is 1. The van der Waals surface area contributed by atoms with Gasteiger partial charge >= 0.3 is 59.1 Å². The average Bonchev–Trinajstić information content (AvgIpc) is 2.81. The summed E-state index contributed by atoms with van der Waals surface area (Å²) in [5.74, 6) is -0.000102. The van der Waals surface area contributed by atoms with E-state index in [0.29, 0.717) is 10.6 Å². The van der Waals surface area contributed by atoms with Crippen molar-refractivity contribution in [3.8, 4) is 16.3 Å². The molecule has 102 valence electrons. The number of aromatic nitrogens is 1. The SMILES string of the molecule is O=P([O-])([O-])Oc1ccccc1-c1nc2ccccc2s1.[Na+].[Na+]. The summed E-state index contributed by atoms with van der Waals surface area (Å²) in [5.41, 5.74) is 1.30. The maximum atomic E-state index is 10.8. The average molecular weight is 351 g/mol. The maximum Gasteiger partial charge on any atom is 1.00 e. The van der Waals surface area contributed by atoms with Gasteiger partial charge in [-0.2, -0.15) is 0 Å². The van der Waals surface area contributed by atoms with Crippen molar-refractivity contribution in [2.75, 3.05) is 0 Å². The maximum absolute atomic E-state index is 10.8. The minimum absolute atomic E-state index is 0. The Bertz CT molecular complexity index is 787. The van der Waals surface area contributed by atoms with Crippen molar-refractivity contribution in [3.05, 3.63) is 48.5 Å². The number of hydrogen-bond donors (Lipinski definition) is 0. The molecule has 0 saturated heterocycles. The van der Waals surface area contributed by atoms with Crippen molar-refractivity contribution >= 4 is 29.4 Å². The summed E-state index contributed by atoms with van der Waals surface area (Å²) in [4.78, 5) is 26.0. The van der Waals surface area contributed by atoms with E-state index in [9.17, 15) is 14.4 Å². The molecule has 3 aromatic rings. The normalized spacial score (nSPS) is 10.6. The quantitative estimate of drug-likeness (QED) is 0.357. The molecule has 5 nitrogen and oxygen atoms in total. The van der Waals surface area contributed by atoms with Crippen molar-refractivity contribution in [3.63, 3.8) is 0 Å². The van der Waals surface area contributed by atoms with Crippen molar-refractivity contribution in [1.29, 1.82) is 0 Å². The van der Waals surface area contributed by atoms with Crippen molar-refractivity contribution < 1.29 is 78.0 Å². The molecule has 0 aliphatic carbocycles. The first kappa shape index (κ1) is 20.3. The summed E-state index contributed by atoms with van der Waals surface area (Å²) in [6, 6.07) is 14.0. The van der Waals surface area contributed by atoms with Gasteiger partial charge in [0.1, 0.15) is 18.6 Å². The number of benzene rings is 2. The van der Waals surface area contributed by atoms with E-state index < -0.39 is 7.82 Å². The van der Waals surface area contributed by atoms with Crippen LogP contribution < -0.4 is 73.4 Å². The Morgan fingerprint density at radius 1 is 1.00 bits per heavy atom. The first-order valence-corrected chi connectivity index (χ1v) is 7.97. The van der Waals surface area contributed by atoms with E-state index in [-0.39, 0.29) is 64.9 Å². The minimum atomic E-state index is -5.09. The van der Waals surface area contributed by atoms with Crippen LogP contribution in [-0.4, -0.2) is 4.98 Å². The second-order valence-electron chi connectivity index (χ2n) is 4.02. The molecule has 0 N–H and O–H groups in total. The van der Waals surface area contributed by atoms with E-state index in [1.165, 1.54) is 17.4 Å². The van der Waals surface area contributed by atoms with E-state index in [4.69, 9.17) is 0 Å². The number of phosphoric ester groups is 1. The first-order chi connectivity index (χ1) is 9.53. The molecule has 0 unspecified atom stereocenters. The molecule has 9 heteroatoms. The Morgan fingerprint density at radius 3 is 2.32 bits per heavy atom. The molecule has 0 saturated carbocycles. The Labute approximate surface area is 175 Å². The molecule has 2 aromatic carbocycles. The van der Waals surface area contributed by atoms with Crippen LogP contribution in [0.2, 0.25) is 0 Å². The van der Waals surface area contributed by atoms with Gasteiger partial charge in [-0.25, -0.2) is 4.98 Å². The Hall–Kier alpha value is 0.280. The largest absolute Gasteiger partial charge is 1.00 e. The van der Waals surface area contributed by atoms with E-state index in [1.54, 1.807) is 18.2 Å². The number of thiazole rings is 1. The summed E-state index contributed by atoms with van der Waals surface area (Å²) < 4.78 is 16.3. The predicted octanol–water partition coefficient (Wildman–Crippen LogP) is -3.82. The van der Waals surface area contributed by atoms with Gasteiger partial charge in [-0.1, -0.05) is 24.3 Å². The molecule has 0 aliphatic heterocycles. The van der Waals surface area contributed by atoms with Crippen LogP contribution in [0.4, 0.5) is 0 Å². The third kappa shape index (κ3) is 4.89. The summed E-state index contributed by atoms with van der Waals surface area (Å²) >= 11 is 1.41. The van der Waals surface area contributed by atoms with E-state index in [0.717, 1.165) is 10.2 Å². The fourth-order valence-corrected chi connectivity index (χ4v) is 3.23. The molecule has 0 amide bonds. The zero-order chi connectivity index (χ0) is 14.2. The zero-order valence-electron chi connectivity index (χ0n) is 12.1. The van der Waals surface area contributed by atoms with Gasteiger partial charge < -0.3 is 18.9 Å². The Morgan fingerprint density at radius 2 is 1.64 bits per heavy atom. The van der Waals surface area contributed by atoms with Gasteiger partial charge in [0, 0.05) is 0 Å². The van der Waals surface area contributed by atoms with Crippen LogP contribution in [0.5, 0.6) is 5.75 Å². The van der Waals surface area contributed by atoms with Crippen molar-refractivity contribution in [2.24, 2.45) is 0 Å². The monoisotopic (exact) mass is 351 g/mol. The molecule has 22 heavy (non-hydrogen) atoms. The summed E-state index contributed by atoms with van der Waals surface area (Å²) in [6.07, 6.45) is 0. The molecule has 0 aliphatic rings. The second-order valence-corrected chi connectivity index (χ2v) is 6.13. The van der Waals surface area contributed by atoms with Crippen molar-refractivity contribution in [2.45, 2.75) is 0 Å². The van der Waals surface area contributed by atoms with E-state index >= 15 is 0 Å². The second kappa shape index (κ2) is 8.40. The smallest absolute Gasteiger partial charge is 0.780 e. The number of nitrogens with zero attached hydrogens (tertiary/aromatic N) is 1. The van der Waals surface area contributed by atoms with Crippen LogP contribution in [0, 0.1) is 0 Å². The fraction of sp³-hybridized carbons (Fsp3) is 0. The van der Waals surface area contributed by atoms with Crippen LogP contribution in [0.3, 0.4) is 0 Å². The molecule has 0 fully saturated rings. The summed E-state index contributed by atoms with van der Waals surface area (Å²) in [6.45, 7) is 0. The van der Waals surface area contributed by atoms with Crippen LogP contribution in [0.25, 0.3) is 20.8 Å². The molecule has 3 rings (SSSR count). The molecule has 1 heterocycles. The van der Waals surface area contributed by atoms with Gasteiger partial charge in [-0.3, -0.25) is 0 Å². The number of phosphoric acid groups is 1. The molecule has 1 aromatic heterocycles. The minimum Gasteiger partial charge on any atom is -0.780 e. The first-order valence-electron chi connectivity index (χ1n) is 5.69. The van der Waals surface area contributed by atoms with Crippen LogP contribution in [0.1, 0.15) is 0 Å². The van der Waals surface area contributed by atoms with E-state index in [1.807, 2.05) is 24.3 Å². The van der Waals surface area contributed by atoms with Crippen molar-refractivity contribution in [1.82, 2.24) is 4.98 Å². The molecular weight excluding hydrogens is 343 g/mol.